The highest BCUT2D eigenvalue weighted by Crippen LogP contribution is 2.24. The Morgan fingerprint density at radius 2 is 1.96 bits per heavy atom. The molecule has 0 radical (unpaired) electrons. The van der Waals surface area contributed by atoms with Crippen molar-refractivity contribution in [2.75, 3.05) is 23.4 Å². The summed E-state index contributed by atoms with van der Waals surface area (Å²) < 4.78 is 19.0. The number of halogens is 1. The first kappa shape index (κ1) is 17.7. The first-order valence-corrected chi connectivity index (χ1v) is 8.42. The summed E-state index contributed by atoms with van der Waals surface area (Å²) >= 11 is 0. The van der Waals surface area contributed by atoms with E-state index in [1.54, 1.807) is 29.2 Å². The van der Waals surface area contributed by atoms with Crippen LogP contribution in [0.3, 0.4) is 0 Å². The van der Waals surface area contributed by atoms with E-state index >= 15 is 0 Å². The maximum absolute atomic E-state index is 13.6. The Labute approximate surface area is 150 Å². The van der Waals surface area contributed by atoms with Crippen molar-refractivity contribution in [2.24, 2.45) is 0 Å². The Kier molecular flexibility index (Phi) is 5.36. The van der Waals surface area contributed by atoms with E-state index in [0.29, 0.717) is 13.2 Å². The molecule has 1 saturated heterocycles. The second-order valence-corrected chi connectivity index (χ2v) is 5.91. The lowest BCUT2D eigenvalue weighted by atomic mass is 10.2. The number of anilines is 2. The van der Waals surface area contributed by atoms with E-state index in [-0.39, 0.29) is 24.1 Å². The second-order valence-electron chi connectivity index (χ2n) is 5.91. The Hall–Kier alpha value is -3.09. The molecule has 3 rings (SSSR count). The van der Waals surface area contributed by atoms with Crippen molar-refractivity contribution in [1.29, 1.82) is 0 Å². The van der Waals surface area contributed by atoms with Crippen LogP contribution in [0.2, 0.25) is 0 Å². The molecule has 1 atom stereocenters. The molecule has 1 fully saturated rings. The summed E-state index contributed by atoms with van der Waals surface area (Å²) in [5, 5.41) is 5.17. The minimum Gasteiger partial charge on any atom is -0.494 e. The van der Waals surface area contributed by atoms with Crippen LogP contribution in [0.5, 0.6) is 5.75 Å². The van der Waals surface area contributed by atoms with Gasteiger partial charge in [-0.1, -0.05) is 12.1 Å². The van der Waals surface area contributed by atoms with Gasteiger partial charge >= 0.3 is 6.03 Å². The summed E-state index contributed by atoms with van der Waals surface area (Å²) in [7, 11) is 0. The maximum Gasteiger partial charge on any atom is 0.319 e. The van der Waals surface area contributed by atoms with Crippen LogP contribution >= 0.6 is 0 Å². The van der Waals surface area contributed by atoms with Crippen LogP contribution in [-0.4, -0.2) is 31.1 Å². The number of para-hydroxylation sites is 1. The van der Waals surface area contributed by atoms with Gasteiger partial charge < -0.3 is 20.3 Å². The van der Waals surface area contributed by atoms with Gasteiger partial charge in [0.2, 0.25) is 5.91 Å². The predicted octanol–water partition coefficient (Wildman–Crippen LogP) is 3.15. The number of ether oxygens (including phenoxy) is 1. The standard InChI is InChI=1S/C19H20FN3O3/c1-2-26-15-9-7-14(8-10-15)23-12-13(11-18(23)24)21-19(25)22-17-6-4-3-5-16(17)20/h3-10,13H,2,11-12H2,1H3,(H2,21,22,25)/t13-/m1/s1. The fraction of sp³-hybridized carbons (Fsp3) is 0.263. The summed E-state index contributed by atoms with van der Waals surface area (Å²) in [6, 6.07) is 12.3. The molecule has 2 aromatic carbocycles. The van der Waals surface area contributed by atoms with Crippen molar-refractivity contribution in [2.45, 2.75) is 19.4 Å². The molecule has 2 N–H and O–H groups in total. The molecule has 7 heteroatoms. The highest BCUT2D eigenvalue weighted by atomic mass is 19.1. The van der Waals surface area contributed by atoms with Crippen molar-refractivity contribution < 1.29 is 18.7 Å². The number of urea groups is 1. The minimum atomic E-state index is -0.540. The van der Waals surface area contributed by atoms with Gasteiger partial charge in [0.1, 0.15) is 11.6 Å². The van der Waals surface area contributed by atoms with E-state index < -0.39 is 11.8 Å². The van der Waals surface area contributed by atoms with Gasteiger partial charge in [0.05, 0.1) is 18.3 Å². The van der Waals surface area contributed by atoms with Crippen molar-refractivity contribution in [3.8, 4) is 5.75 Å². The average Bonchev–Trinajstić information content (AvgIpc) is 2.98. The number of benzene rings is 2. The molecule has 6 nitrogen and oxygen atoms in total. The zero-order valence-electron chi connectivity index (χ0n) is 14.4. The molecular weight excluding hydrogens is 337 g/mol. The Balaban J connectivity index is 1.59. The van der Waals surface area contributed by atoms with Gasteiger partial charge in [0.25, 0.3) is 0 Å². The lowest BCUT2D eigenvalue weighted by molar-refractivity contribution is -0.117. The number of hydrogen-bond donors (Lipinski definition) is 2. The van der Waals surface area contributed by atoms with Crippen LogP contribution in [0.1, 0.15) is 13.3 Å². The third-order valence-corrected chi connectivity index (χ3v) is 4.04. The van der Waals surface area contributed by atoms with Gasteiger partial charge in [-0.2, -0.15) is 0 Å². The predicted molar refractivity (Wildman–Crippen MR) is 96.9 cm³/mol. The normalized spacial score (nSPS) is 16.5. The zero-order valence-corrected chi connectivity index (χ0v) is 14.4. The van der Waals surface area contributed by atoms with Crippen molar-refractivity contribution in [1.82, 2.24) is 5.32 Å². The first-order chi connectivity index (χ1) is 12.6. The number of amides is 3. The molecular formula is C19H20FN3O3. The van der Waals surface area contributed by atoms with E-state index in [1.165, 1.54) is 12.1 Å². The molecule has 0 aliphatic carbocycles. The van der Waals surface area contributed by atoms with E-state index in [0.717, 1.165) is 11.4 Å². The fourth-order valence-electron chi connectivity index (χ4n) is 2.85. The van der Waals surface area contributed by atoms with Gasteiger partial charge in [-0.05, 0) is 43.3 Å². The van der Waals surface area contributed by atoms with E-state index in [4.69, 9.17) is 4.74 Å². The van der Waals surface area contributed by atoms with Crippen LogP contribution in [0, 0.1) is 5.82 Å². The van der Waals surface area contributed by atoms with Crippen molar-refractivity contribution in [3.05, 3.63) is 54.3 Å². The summed E-state index contributed by atoms with van der Waals surface area (Å²) in [5.41, 5.74) is 0.843. The zero-order chi connectivity index (χ0) is 18.5. The molecule has 136 valence electrons. The molecule has 1 aliphatic heterocycles. The van der Waals surface area contributed by atoms with Crippen LogP contribution in [0.25, 0.3) is 0 Å². The number of nitrogens with one attached hydrogen (secondary N) is 2. The topological polar surface area (TPSA) is 70.7 Å². The highest BCUT2D eigenvalue weighted by Gasteiger charge is 2.31. The van der Waals surface area contributed by atoms with Gasteiger partial charge in [0, 0.05) is 18.7 Å². The Morgan fingerprint density at radius 1 is 1.23 bits per heavy atom. The first-order valence-electron chi connectivity index (χ1n) is 8.42. The second kappa shape index (κ2) is 7.86. The molecule has 26 heavy (non-hydrogen) atoms. The minimum absolute atomic E-state index is 0.0784. The average molecular weight is 357 g/mol. The molecule has 0 saturated carbocycles. The summed E-state index contributed by atoms with van der Waals surface area (Å²) in [6.07, 6.45) is 0.192. The van der Waals surface area contributed by atoms with Gasteiger partial charge in [-0.3, -0.25) is 4.79 Å². The van der Waals surface area contributed by atoms with Crippen LogP contribution in [0.15, 0.2) is 48.5 Å². The third-order valence-electron chi connectivity index (χ3n) is 4.04. The van der Waals surface area contributed by atoms with E-state index in [9.17, 15) is 14.0 Å². The quantitative estimate of drug-likeness (QED) is 0.864. The van der Waals surface area contributed by atoms with Crippen molar-refractivity contribution in [3.63, 3.8) is 0 Å². The number of hydrogen-bond acceptors (Lipinski definition) is 3. The summed E-state index contributed by atoms with van der Waals surface area (Å²) in [4.78, 5) is 25.9. The molecule has 3 amide bonds. The van der Waals surface area contributed by atoms with Gasteiger partial charge in [-0.25, -0.2) is 9.18 Å². The smallest absolute Gasteiger partial charge is 0.319 e. The highest BCUT2D eigenvalue weighted by molar-refractivity contribution is 5.97. The lowest BCUT2D eigenvalue weighted by Gasteiger charge is -2.18. The van der Waals surface area contributed by atoms with Gasteiger partial charge in [-0.15, -0.1) is 0 Å². The monoisotopic (exact) mass is 357 g/mol. The fourth-order valence-corrected chi connectivity index (χ4v) is 2.85. The molecule has 1 aliphatic rings. The molecule has 0 aromatic heterocycles. The number of carbonyl (C=O) groups is 2. The van der Waals surface area contributed by atoms with E-state index in [2.05, 4.69) is 10.6 Å². The molecule has 0 spiro atoms. The maximum atomic E-state index is 13.6. The summed E-state index contributed by atoms with van der Waals surface area (Å²) in [6.45, 7) is 2.84. The molecule has 1 heterocycles. The summed E-state index contributed by atoms with van der Waals surface area (Å²) in [5.74, 6) is 0.147. The number of carbonyl (C=O) groups excluding carboxylic acids is 2. The Morgan fingerprint density at radius 3 is 2.65 bits per heavy atom. The largest absolute Gasteiger partial charge is 0.494 e. The Bertz CT molecular complexity index is 795. The molecule has 0 bridgehead atoms. The van der Waals surface area contributed by atoms with E-state index in [1.807, 2.05) is 19.1 Å². The van der Waals surface area contributed by atoms with Crippen LogP contribution in [0.4, 0.5) is 20.6 Å². The number of nitrogens with zero attached hydrogens (tertiary/aromatic N) is 1. The number of rotatable bonds is 5. The van der Waals surface area contributed by atoms with Gasteiger partial charge in [0.15, 0.2) is 0 Å². The van der Waals surface area contributed by atoms with Crippen molar-refractivity contribution >= 4 is 23.3 Å². The molecule has 2 aromatic rings. The molecule has 0 unspecified atom stereocenters. The SMILES string of the molecule is CCOc1ccc(N2C[C@H](NC(=O)Nc3ccccc3F)CC2=O)cc1. The van der Waals surface area contributed by atoms with Crippen LogP contribution < -0.4 is 20.3 Å². The third kappa shape index (κ3) is 4.11. The van der Waals surface area contributed by atoms with Crippen LogP contribution in [-0.2, 0) is 4.79 Å². The lowest BCUT2D eigenvalue weighted by Crippen LogP contribution is -2.39.